The average molecular weight is 473 g/mol. The molecule has 8 heteroatoms. The lowest BCUT2D eigenvalue weighted by Crippen LogP contribution is -2.35. The van der Waals surface area contributed by atoms with E-state index >= 15 is 0 Å². The van der Waals surface area contributed by atoms with Crippen molar-refractivity contribution in [2.75, 3.05) is 40.9 Å². The predicted octanol–water partition coefficient (Wildman–Crippen LogP) is 4.12. The number of benzene rings is 2. The molecule has 1 atom stereocenters. The fraction of sp³-hybridized carbons (Fsp3) is 0.360. The zero-order chi connectivity index (χ0) is 24.1. The Morgan fingerprint density at radius 3 is 2.61 bits per heavy atom. The molecule has 1 fully saturated rings. The molecule has 7 nitrogen and oxygen atoms in total. The highest BCUT2D eigenvalue weighted by Crippen LogP contribution is 2.42. The maximum atomic E-state index is 13.2. The Morgan fingerprint density at radius 2 is 1.94 bits per heavy atom. The van der Waals surface area contributed by atoms with Gasteiger partial charge in [0.15, 0.2) is 0 Å². The molecule has 1 N–H and O–H groups in total. The second kappa shape index (κ2) is 10.7. The fourth-order valence-electron chi connectivity index (χ4n) is 3.77. The van der Waals surface area contributed by atoms with E-state index in [9.17, 15) is 14.7 Å². The highest BCUT2D eigenvalue weighted by Gasteiger charge is 2.46. The van der Waals surface area contributed by atoms with Crippen LogP contribution in [0.3, 0.4) is 0 Å². The van der Waals surface area contributed by atoms with E-state index in [-0.39, 0.29) is 16.9 Å². The van der Waals surface area contributed by atoms with Crippen LogP contribution in [0.15, 0.2) is 48.0 Å². The van der Waals surface area contributed by atoms with Gasteiger partial charge in [0.2, 0.25) is 0 Å². The maximum Gasteiger partial charge on any atom is 0.295 e. The number of hydrogen-bond donors (Lipinski definition) is 1. The van der Waals surface area contributed by atoms with Crippen molar-refractivity contribution in [2.24, 2.45) is 0 Å². The highest BCUT2D eigenvalue weighted by molar-refractivity contribution is 6.46. The van der Waals surface area contributed by atoms with Crippen LogP contribution < -0.4 is 9.47 Å². The Hall–Kier alpha value is -3.03. The summed E-state index contributed by atoms with van der Waals surface area (Å²) in [6, 6.07) is 11.2. The van der Waals surface area contributed by atoms with Gasteiger partial charge in [0.05, 0.1) is 30.9 Å². The number of aliphatic hydroxyl groups is 1. The number of likely N-dealkylation sites (tertiary alicyclic amines) is 1. The van der Waals surface area contributed by atoms with Crippen LogP contribution in [0.5, 0.6) is 11.5 Å². The topological polar surface area (TPSA) is 79.3 Å². The quantitative estimate of drug-likeness (QED) is 0.336. The van der Waals surface area contributed by atoms with E-state index in [0.29, 0.717) is 41.8 Å². The number of carbonyl (C=O) groups excluding carboxylic acids is 2. The first-order valence-corrected chi connectivity index (χ1v) is 11.2. The number of hydrogen-bond acceptors (Lipinski definition) is 6. The van der Waals surface area contributed by atoms with Crippen molar-refractivity contribution < 1.29 is 24.2 Å². The Labute approximate surface area is 199 Å². The molecule has 0 aliphatic carbocycles. The van der Waals surface area contributed by atoms with Crippen molar-refractivity contribution >= 4 is 29.1 Å². The van der Waals surface area contributed by atoms with E-state index in [0.717, 1.165) is 6.42 Å². The zero-order valence-electron chi connectivity index (χ0n) is 19.3. The SMILES string of the molecule is CCCOc1cccc(C2/C(=C(\O)c3cc(Cl)ccc3OC)C(=O)C(=O)N2CCN(C)C)c1. The van der Waals surface area contributed by atoms with Gasteiger partial charge in [-0.2, -0.15) is 0 Å². The largest absolute Gasteiger partial charge is 0.507 e. The summed E-state index contributed by atoms with van der Waals surface area (Å²) in [6.45, 7) is 3.42. The number of aliphatic hydroxyl groups excluding tert-OH is 1. The number of likely N-dealkylation sites (N-methyl/N-ethyl adjacent to an activating group) is 1. The summed E-state index contributed by atoms with van der Waals surface area (Å²) in [5.41, 5.74) is 0.912. The van der Waals surface area contributed by atoms with E-state index < -0.39 is 17.7 Å². The van der Waals surface area contributed by atoms with Crippen molar-refractivity contribution in [3.63, 3.8) is 0 Å². The summed E-state index contributed by atoms with van der Waals surface area (Å²) in [5.74, 6) is -0.768. The Bertz CT molecular complexity index is 1070. The van der Waals surface area contributed by atoms with Gasteiger partial charge in [0, 0.05) is 18.1 Å². The van der Waals surface area contributed by atoms with Crippen molar-refractivity contribution in [3.8, 4) is 11.5 Å². The van der Waals surface area contributed by atoms with Crippen LogP contribution in [0.1, 0.15) is 30.5 Å². The minimum atomic E-state index is -0.779. The first kappa shape index (κ1) is 24.6. The molecule has 1 heterocycles. The lowest BCUT2D eigenvalue weighted by Gasteiger charge is -2.27. The zero-order valence-corrected chi connectivity index (χ0v) is 20.1. The molecule has 3 rings (SSSR count). The van der Waals surface area contributed by atoms with Crippen LogP contribution in [0, 0.1) is 0 Å². The normalized spacial score (nSPS) is 17.6. The number of Topliss-reactive ketones (excluding diaryl/α,β-unsaturated/α-hetero) is 1. The molecule has 0 bridgehead atoms. The second-order valence-corrected chi connectivity index (χ2v) is 8.50. The third-order valence-electron chi connectivity index (χ3n) is 5.39. The predicted molar refractivity (Wildman–Crippen MR) is 128 cm³/mol. The molecule has 0 radical (unpaired) electrons. The third-order valence-corrected chi connectivity index (χ3v) is 5.63. The summed E-state index contributed by atoms with van der Waals surface area (Å²) in [7, 11) is 5.24. The number of halogens is 1. The molecule has 1 amide bonds. The van der Waals surface area contributed by atoms with E-state index in [2.05, 4.69) is 0 Å². The van der Waals surface area contributed by atoms with E-state index in [4.69, 9.17) is 21.1 Å². The van der Waals surface area contributed by atoms with Gasteiger partial charge in [-0.15, -0.1) is 0 Å². The van der Waals surface area contributed by atoms with Crippen LogP contribution >= 0.6 is 11.6 Å². The Balaban J connectivity index is 2.18. The van der Waals surface area contributed by atoms with Crippen LogP contribution in [0.4, 0.5) is 0 Å². The Morgan fingerprint density at radius 1 is 1.18 bits per heavy atom. The monoisotopic (exact) mass is 472 g/mol. The van der Waals surface area contributed by atoms with E-state index in [1.54, 1.807) is 18.2 Å². The summed E-state index contributed by atoms with van der Waals surface area (Å²) in [6.07, 6.45) is 0.847. The minimum Gasteiger partial charge on any atom is -0.507 e. The van der Waals surface area contributed by atoms with Gasteiger partial charge in [0.25, 0.3) is 11.7 Å². The molecule has 2 aromatic carbocycles. The number of rotatable bonds is 9. The fourth-order valence-corrected chi connectivity index (χ4v) is 3.94. The van der Waals surface area contributed by atoms with Gasteiger partial charge in [-0.1, -0.05) is 30.7 Å². The van der Waals surface area contributed by atoms with Crippen molar-refractivity contribution in [2.45, 2.75) is 19.4 Å². The summed E-state index contributed by atoms with van der Waals surface area (Å²) >= 11 is 6.15. The van der Waals surface area contributed by atoms with Crippen LogP contribution in [-0.4, -0.2) is 67.5 Å². The minimum absolute atomic E-state index is 0.00744. The molecule has 1 unspecified atom stereocenters. The van der Waals surface area contributed by atoms with Crippen LogP contribution in [0.25, 0.3) is 5.76 Å². The number of nitrogens with zero attached hydrogens (tertiary/aromatic N) is 2. The summed E-state index contributed by atoms with van der Waals surface area (Å²) < 4.78 is 11.1. The molecule has 1 aliphatic rings. The van der Waals surface area contributed by atoms with Crippen molar-refractivity contribution in [1.29, 1.82) is 0 Å². The van der Waals surface area contributed by atoms with Gasteiger partial charge < -0.3 is 24.4 Å². The van der Waals surface area contributed by atoms with Gasteiger partial charge in [-0.25, -0.2) is 0 Å². The number of carbonyl (C=O) groups is 2. The molecule has 176 valence electrons. The number of methoxy groups -OCH3 is 1. The van der Waals surface area contributed by atoms with Gasteiger partial charge in [0.1, 0.15) is 17.3 Å². The number of amides is 1. The summed E-state index contributed by atoms with van der Waals surface area (Å²) in [5, 5.41) is 11.6. The maximum absolute atomic E-state index is 13.2. The molecule has 0 aromatic heterocycles. The first-order chi connectivity index (χ1) is 15.8. The average Bonchev–Trinajstić information content (AvgIpc) is 3.05. The number of ketones is 1. The standard InChI is InChI=1S/C25H29ClN2O5/c1-5-13-33-18-8-6-7-16(14-18)22-21(24(30)25(31)28(22)12-11-27(2)3)23(29)19-15-17(26)9-10-20(19)32-4/h6-10,14-15,22,29H,5,11-13H2,1-4H3/b23-21+. The van der Waals surface area contributed by atoms with Crippen LogP contribution in [0.2, 0.25) is 5.02 Å². The Kier molecular flexibility index (Phi) is 8.00. The molecule has 33 heavy (non-hydrogen) atoms. The molecular formula is C25H29ClN2O5. The van der Waals surface area contributed by atoms with Gasteiger partial charge >= 0.3 is 0 Å². The molecule has 0 saturated carbocycles. The molecule has 1 aliphatic heterocycles. The second-order valence-electron chi connectivity index (χ2n) is 8.06. The molecule has 2 aromatic rings. The van der Waals surface area contributed by atoms with E-state index in [1.165, 1.54) is 18.1 Å². The number of ether oxygens (including phenoxy) is 2. The smallest absolute Gasteiger partial charge is 0.295 e. The first-order valence-electron chi connectivity index (χ1n) is 10.8. The van der Waals surface area contributed by atoms with Crippen LogP contribution in [-0.2, 0) is 9.59 Å². The molecule has 0 spiro atoms. The van der Waals surface area contributed by atoms with Gasteiger partial charge in [-0.05, 0) is 56.4 Å². The van der Waals surface area contributed by atoms with E-state index in [1.807, 2.05) is 44.1 Å². The highest BCUT2D eigenvalue weighted by atomic mass is 35.5. The van der Waals surface area contributed by atoms with Gasteiger partial charge in [-0.3, -0.25) is 9.59 Å². The van der Waals surface area contributed by atoms with Crippen molar-refractivity contribution in [1.82, 2.24) is 9.80 Å². The molecular weight excluding hydrogens is 444 g/mol. The summed E-state index contributed by atoms with van der Waals surface area (Å²) in [4.78, 5) is 29.6. The van der Waals surface area contributed by atoms with Crippen molar-refractivity contribution in [3.05, 3.63) is 64.2 Å². The molecule has 1 saturated heterocycles. The lowest BCUT2D eigenvalue weighted by molar-refractivity contribution is -0.140. The lowest BCUT2D eigenvalue weighted by atomic mass is 9.95. The third kappa shape index (κ3) is 5.31.